The maximum Gasteiger partial charge on any atom is 0.389 e. The zero-order chi connectivity index (χ0) is 13.9. The molecule has 0 radical (unpaired) electrons. The first kappa shape index (κ1) is 14.7. The van der Waals surface area contributed by atoms with Crippen LogP contribution in [0.3, 0.4) is 0 Å². The van der Waals surface area contributed by atoms with E-state index in [1.165, 1.54) is 0 Å². The molecular weight excluding hydrogens is 245 g/mol. The standard InChI is InChI=1S/C11H19F3N4/c1-7(2)18-10(9(15)8(3)17-18)16-6-4-5-11(12,13)14/h7,16H,4-6,15H2,1-3H3. The Morgan fingerprint density at radius 2 is 2.00 bits per heavy atom. The summed E-state index contributed by atoms with van der Waals surface area (Å²) in [6.45, 7) is 5.87. The molecule has 1 rings (SSSR count). The predicted molar refractivity (Wildman–Crippen MR) is 65.5 cm³/mol. The van der Waals surface area contributed by atoms with Crippen molar-refractivity contribution in [3.63, 3.8) is 0 Å². The van der Waals surface area contributed by atoms with Crippen LogP contribution in [0.4, 0.5) is 24.7 Å². The number of halogens is 3. The summed E-state index contributed by atoms with van der Waals surface area (Å²) in [6.07, 6.45) is -4.89. The molecule has 0 unspecified atom stereocenters. The monoisotopic (exact) mass is 264 g/mol. The highest BCUT2D eigenvalue weighted by atomic mass is 19.4. The third-order valence-corrected chi connectivity index (χ3v) is 2.55. The number of aryl methyl sites for hydroxylation is 1. The highest BCUT2D eigenvalue weighted by molar-refractivity contribution is 5.64. The number of nitrogens with two attached hydrogens (primary N) is 1. The Balaban J connectivity index is 2.61. The van der Waals surface area contributed by atoms with E-state index in [0.717, 1.165) is 0 Å². The number of alkyl halides is 3. The Hall–Kier alpha value is -1.40. The Morgan fingerprint density at radius 3 is 2.50 bits per heavy atom. The van der Waals surface area contributed by atoms with Gasteiger partial charge in [-0.2, -0.15) is 18.3 Å². The first-order valence-corrected chi connectivity index (χ1v) is 5.87. The van der Waals surface area contributed by atoms with Crippen LogP contribution in [-0.2, 0) is 0 Å². The molecule has 0 saturated carbocycles. The quantitative estimate of drug-likeness (QED) is 0.803. The van der Waals surface area contributed by atoms with Crippen LogP contribution in [0.1, 0.15) is 38.4 Å². The number of nitrogen functional groups attached to an aromatic ring is 1. The topological polar surface area (TPSA) is 55.9 Å². The summed E-state index contributed by atoms with van der Waals surface area (Å²) >= 11 is 0. The average molecular weight is 264 g/mol. The van der Waals surface area contributed by atoms with Crippen molar-refractivity contribution in [3.05, 3.63) is 5.69 Å². The highest BCUT2D eigenvalue weighted by Crippen LogP contribution is 2.26. The van der Waals surface area contributed by atoms with Crippen LogP contribution in [0.5, 0.6) is 0 Å². The minimum absolute atomic E-state index is 0.0191. The number of rotatable bonds is 5. The molecule has 0 bridgehead atoms. The number of anilines is 2. The van der Waals surface area contributed by atoms with Gasteiger partial charge in [0.05, 0.1) is 11.4 Å². The summed E-state index contributed by atoms with van der Waals surface area (Å²) in [6, 6.07) is 0.103. The van der Waals surface area contributed by atoms with Crippen LogP contribution < -0.4 is 11.1 Å². The minimum atomic E-state index is -4.11. The Bertz CT molecular complexity index is 396. The Labute approximate surface area is 104 Å². The zero-order valence-electron chi connectivity index (χ0n) is 10.8. The molecule has 0 aliphatic heterocycles. The average Bonchev–Trinajstić information content (AvgIpc) is 2.50. The Morgan fingerprint density at radius 1 is 1.39 bits per heavy atom. The maximum absolute atomic E-state index is 12.0. The number of aromatic nitrogens is 2. The van der Waals surface area contributed by atoms with E-state index >= 15 is 0 Å². The van der Waals surface area contributed by atoms with E-state index in [2.05, 4.69) is 10.4 Å². The molecule has 0 amide bonds. The van der Waals surface area contributed by atoms with Crippen LogP contribution in [0.25, 0.3) is 0 Å². The van der Waals surface area contributed by atoms with Gasteiger partial charge >= 0.3 is 6.18 Å². The molecule has 0 saturated heterocycles. The van der Waals surface area contributed by atoms with Crippen LogP contribution >= 0.6 is 0 Å². The van der Waals surface area contributed by atoms with Gasteiger partial charge in [0.15, 0.2) is 0 Å². The molecule has 1 heterocycles. The largest absolute Gasteiger partial charge is 0.394 e. The minimum Gasteiger partial charge on any atom is -0.394 e. The second-order valence-electron chi connectivity index (χ2n) is 4.53. The van der Waals surface area contributed by atoms with Crippen molar-refractivity contribution in [2.75, 3.05) is 17.6 Å². The third-order valence-electron chi connectivity index (χ3n) is 2.55. The molecule has 1 aromatic heterocycles. The lowest BCUT2D eigenvalue weighted by Gasteiger charge is -2.13. The van der Waals surface area contributed by atoms with Gasteiger partial charge < -0.3 is 11.1 Å². The number of nitrogens with zero attached hydrogens (tertiary/aromatic N) is 2. The van der Waals surface area contributed by atoms with E-state index in [0.29, 0.717) is 17.2 Å². The van der Waals surface area contributed by atoms with Crippen LogP contribution in [-0.4, -0.2) is 22.5 Å². The van der Waals surface area contributed by atoms with Gasteiger partial charge in [0.2, 0.25) is 0 Å². The molecule has 0 fully saturated rings. The van der Waals surface area contributed by atoms with E-state index in [1.807, 2.05) is 13.8 Å². The summed E-state index contributed by atoms with van der Waals surface area (Å²) in [5.74, 6) is 0.602. The number of hydrogen-bond donors (Lipinski definition) is 2. The van der Waals surface area contributed by atoms with Gasteiger partial charge in [-0.25, -0.2) is 4.68 Å². The molecule has 18 heavy (non-hydrogen) atoms. The van der Waals surface area contributed by atoms with Crippen LogP contribution in [0.2, 0.25) is 0 Å². The fourth-order valence-electron chi connectivity index (χ4n) is 1.61. The summed E-state index contributed by atoms with van der Waals surface area (Å²) in [5, 5.41) is 7.18. The van der Waals surface area contributed by atoms with E-state index in [-0.39, 0.29) is 19.0 Å². The maximum atomic E-state index is 12.0. The van der Waals surface area contributed by atoms with Gasteiger partial charge in [-0.15, -0.1) is 0 Å². The van der Waals surface area contributed by atoms with Crippen LogP contribution in [0, 0.1) is 6.92 Å². The Kier molecular flexibility index (Phi) is 4.48. The molecule has 3 N–H and O–H groups in total. The molecule has 0 aliphatic rings. The summed E-state index contributed by atoms with van der Waals surface area (Å²) in [7, 11) is 0. The molecule has 0 aliphatic carbocycles. The summed E-state index contributed by atoms with van der Waals surface area (Å²) < 4.78 is 37.7. The van der Waals surface area contributed by atoms with Gasteiger partial charge in [-0.1, -0.05) is 0 Å². The van der Waals surface area contributed by atoms with E-state index in [9.17, 15) is 13.2 Å². The molecule has 4 nitrogen and oxygen atoms in total. The van der Waals surface area contributed by atoms with E-state index in [1.54, 1.807) is 11.6 Å². The number of hydrogen-bond acceptors (Lipinski definition) is 3. The smallest absolute Gasteiger partial charge is 0.389 e. The molecule has 104 valence electrons. The lowest BCUT2D eigenvalue weighted by atomic mass is 10.3. The first-order chi connectivity index (χ1) is 8.22. The lowest BCUT2D eigenvalue weighted by molar-refractivity contribution is -0.134. The number of nitrogens with one attached hydrogen (secondary N) is 1. The molecular formula is C11H19F3N4. The normalized spacial score (nSPS) is 12.2. The fourth-order valence-corrected chi connectivity index (χ4v) is 1.61. The summed E-state index contributed by atoms with van der Waals surface area (Å²) in [4.78, 5) is 0. The third kappa shape index (κ3) is 3.82. The van der Waals surface area contributed by atoms with Crippen molar-refractivity contribution in [2.45, 2.75) is 45.8 Å². The van der Waals surface area contributed by atoms with Gasteiger partial charge in [0, 0.05) is 19.0 Å². The van der Waals surface area contributed by atoms with Gasteiger partial charge in [0.1, 0.15) is 5.82 Å². The summed E-state index contributed by atoms with van der Waals surface area (Å²) in [5.41, 5.74) is 7.02. The van der Waals surface area contributed by atoms with Crippen molar-refractivity contribution in [1.29, 1.82) is 0 Å². The zero-order valence-corrected chi connectivity index (χ0v) is 10.8. The van der Waals surface area contributed by atoms with Gasteiger partial charge in [-0.3, -0.25) is 0 Å². The van der Waals surface area contributed by atoms with Crippen LogP contribution in [0.15, 0.2) is 0 Å². The molecule has 7 heteroatoms. The molecule has 0 atom stereocenters. The SMILES string of the molecule is Cc1nn(C(C)C)c(NCCCC(F)(F)F)c1N. The van der Waals surface area contributed by atoms with Crippen molar-refractivity contribution in [3.8, 4) is 0 Å². The van der Waals surface area contributed by atoms with Crippen molar-refractivity contribution >= 4 is 11.5 Å². The molecule has 0 aromatic carbocycles. The van der Waals surface area contributed by atoms with Crippen molar-refractivity contribution in [2.24, 2.45) is 0 Å². The fraction of sp³-hybridized carbons (Fsp3) is 0.727. The lowest BCUT2D eigenvalue weighted by Crippen LogP contribution is -2.14. The first-order valence-electron chi connectivity index (χ1n) is 5.87. The second-order valence-corrected chi connectivity index (χ2v) is 4.53. The molecule has 0 spiro atoms. The predicted octanol–water partition coefficient (Wildman–Crippen LogP) is 3.11. The van der Waals surface area contributed by atoms with Crippen molar-refractivity contribution < 1.29 is 13.2 Å². The molecule has 1 aromatic rings. The highest BCUT2D eigenvalue weighted by Gasteiger charge is 2.26. The van der Waals surface area contributed by atoms with Gasteiger partial charge in [-0.05, 0) is 27.2 Å². The van der Waals surface area contributed by atoms with E-state index < -0.39 is 12.6 Å². The van der Waals surface area contributed by atoms with Gasteiger partial charge in [0.25, 0.3) is 0 Å². The van der Waals surface area contributed by atoms with Crippen molar-refractivity contribution in [1.82, 2.24) is 9.78 Å². The second kappa shape index (κ2) is 5.49. The van der Waals surface area contributed by atoms with E-state index in [4.69, 9.17) is 5.73 Å².